The van der Waals surface area contributed by atoms with Gasteiger partial charge in [-0.15, -0.1) is 12.4 Å². The normalized spacial score (nSPS) is 18.7. The number of hydrogen-bond acceptors (Lipinski definition) is 3. The van der Waals surface area contributed by atoms with Crippen LogP contribution in [0.1, 0.15) is 51.9 Å². The van der Waals surface area contributed by atoms with Gasteiger partial charge in [-0.1, -0.05) is 12.8 Å². The zero-order valence-electron chi connectivity index (χ0n) is 12.2. The monoisotopic (exact) mass is 292 g/mol. The van der Waals surface area contributed by atoms with Crippen LogP contribution in [-0.2, 0) is 9.53 Å². The highest BCUT2D eigenvalue weighted by Gasteiger charge is 2.33. The summed E-state index contributed by atoms with van der Waals surface area (Å²) in [6.45, 7) is 3.52. The summed E-state index contributed by atoms with van der Waals surface area (Å²) in [4.78, 5) is 11.7. The highest BCUT2D eigenvalue weighted by Crippen LogP contribution is 2.40. The fraction of sp³-hybridized carbons (Fsp3) is 0.929. The Kier molecular flexibility index (Phi) is 9.40. The second-order valence-electron chi connectivity index (χ2n) is 5.74. The zero-order chi connectivity index (χ0) is 13.4. The van der Waals surface area contributed by atoms with E-state index in [1.54, 1.807) is 7.11 Å². The van der Waals surface area contributed by atoms with Crippen LogP contribution in [-0.4, -0.2) is 32.2 Å². The first-order valence-corrected chi connectivity index (χ1v) is 7.09. The van der Waals surface area contributed by atoms with Gasteiger partial charge >= 0.3 is 0 Å². The number of carbonyl (C=O) groups excluding carboxylic acids is 1. The van der Waals surface area contributed by atoms with Crippen molar-refractivity contribution in [3.05, 3.63) is 0 Å². The first-order valence-electron chi connectivity index (χ1n) is 7.09. The average molecular weight is 293 g/mol. The maximum absolute atomic E-state index is 11.7. The van der Waals surface area contributed by atoms with Gasteiger partial charge in [-0.2, -0.15) is 0 Å². The van der Waals surface area contributed by atoms with E-state index in [2.05, 4.69) is 5.32 Å². The average Bonchev–Trinajstić information content (AvgIpc) is 2.81. The molecule has 114 valence electrons. The molecule has 5 heteroatoms. The van der Waals surface area contributed by atoms with Gasteiger partial charge in [-0.05, 0) is 38.0 Å². The molecule has 1 saturated carbocycles. The van der Waals surface area contributed by atoms with Crippen LogP contribution >= 0.6 is 12.4 Å². The Morgan fingerprint density at radius 1 is 1.42 bits per heavy atom. The number of hydrogen-bond donors (Lipinski definition) is 2. The van der Waals surface area contributed by atoms with E-state index < -0.39 is 0 Å². The quantitative estimate of drug-likeness (QED) is 0.721. The summed E-state index contributed by atoms with van der Waals surface area (Å²) in [6.07, 6.45) is 7.33. The third-order valence-electron chi connectivity index (χ3n) is 3.99. The van der Waals surface area contributed by atoms with E-state index >= 15 is 0 Å². The molecule has 0 spiro atoms. The molecule has 1 aliphatic rings. The molecule has 0 aromatic rings. The van der Waals surface area contributed by atoms with Crippen molar-refractivity contribution in [2.45, 2.75) is 57.9 Å². The Balaban J connectivity index is 0.00000324. The van der Waals surface area contributed by atoms with Crippen molar-refractivity contribution in [3.8, 4) is 0 Å². The number of ether oxygens (including phenoxy) is 1. The first-order chi connectivity index (χ1) is 8.58. The molecule has 0 radical (unpaired) electrons. The van der Waals surface area contributed by atoms with E-state index in [-0.39, 0.29) is 29.8 Å². The van der Waals surface area contributed by atoms with Crippen LogP contribution in [0.3, 0.4) is 0 Å². The molecule has 0 aliphatic heterocycles. The van der Waals surface area contributed by atoms with Crippen molar-refractivity contribution < 1.29 is 9.53 Å². The summed E-state index contributed by atoms with van der Waals surface area (Å²) >= 11 is 0. The fourth-order valence-corrected chi connectivity index (χ4v) is 2.69. The van der Waals surface area contributed by atoms with E-state index in [9.17, 15) is 4.79 Å². The van der Waals surface area contributed by atoms with Crippen LogP contribution in [0.2, 0.25) is 0 Å². The Bertz CT molecular complexity index is 254. The number of amides is 1. The fourth-order valence-electron chi connectivity index (χ4n) is 2.69. The number of carbonyl (C=O) groups is 1. The van der Waals surface area contributed by atoms with Crippen molar-refractivity contribution in [3.63, 3.8) is 0 Å². The van der Waals surface area contributed by atoms with Crippen LogP contribution in [0.5, 0.6) is 0 Å². The Morgan fingerprint density at radius 2 is 2.05 bits per heavy atom. The number of rotatable bonds is 8. The molecule has 0 bridgehead atoms. The molecular weight excluding hydrogens is 264 g/mol. The topological polar surface area (TPSA) is 64.3 Å². The Labute approximate surface area is 123 Å². The van der Waals surface area contributed by atoms with Gasteiger partial charge in [-0.25, -0.2) is 0 Å². The van der Waals surface area contributed by atoms with Crippen molar-refractivity contribution >= 4 is 18.3 Å². The maximum atomic E-state index is 11.7. The number of nitrogens with two attached hydrogens (primary N) is 1. The lowest BCUT2D eigenvalue weighted by Crippen LogP contribution is -2.37. The van der Waals surface area contributed by atoms with Crippen LogP contribution in [0.25, 0.3) is 0 Å². The summed E-state index contributed by atoms with van der Waals surface area (Å²) in [6, 6.07) is 0.102. The van der Waals surface area contributed by atoms with Gasteiger partial charge < -0.3 is 15.8 Å². The minimum absolute atomic E-state index is 0. The molecule has 0 heterocycles. The molecule has 0 aromatic carbocycles. The number of halogens is 1. The summed E-state index contributed by atoms with van der Waals surface area (Å²) in [5.74, 6) is 0.135. The van der Waals surface area contributed by atoms with E-state index in [1.165, 1.54) is 25.7 Å². The second-order valence-corrected chi connectivity index (χ2v) is 5.74. The van der Waals surface area contributed by atoms with Crippen LogP contribution < -0.4 is 11.1 Å². The Morgan fingerprint density at radius 3 is 2.58 bits per heavy atom. The minimum atomic E-state index is 0. The molecule has 1 rings (SSSR count). The van der Waals surface area contributed by atoms with Crippen LogP contribution in [0.15, 0.2) is 0 Å². The second kappa shape index (κ2) is 9.56. The van der Waals surface area contributed by atoms with E-state index in [1.807, 2.05) is 6.92 Å². The lowest BCUT2D eigenvalue weighted by Gasteiger charge is -2.29. The van der Waals surface area contributed by atoms with Gasteiger partial charge in [0.1, 0.15) is 0 Å². The molecule has 0 saturated heterocycles. The first kappa shape index (κ1) is 18.7. The molecule has 19 heavy (non-hydrogen) atoms. The van der Waals surface area contributed by atoms with E-state index in [4.69, 9.17) is 10.5 Å². The van der Waals surface area contributed by atoms with E-state index in [0.29, 0.717) is 6.42 Å². The van der Waals surface area contributed by atoms with Crippen molar-refractivity contribution in [1.82, 2.24) is 5.32 Å². The van der Waals surface area contributed by atoms with Crippen molar-refractivity contribution in [2.75, 3.05) is 20.3 Å². The highest BCUT2D eigenvalue weighted by atomic mass is 35.5. The van der Waals surface area contributed by atoms with Crippen LogP contribution in [0, 0.1) is 5.41 Å². The van der Waals surface area contributed by atoms with Gasteiger partial charge in [-0.3, -0.25) is 4.79 Å². The highest BCUT2D eigenvalue weighted by molar-refractivity contribution is 5.85. The number of methoxy groups -OCH3 is 1. The molecule has 1 unspecified atom stereocenters. The Hall–Kier alpha value is -0.320. The summed E-state index contributed by atoms with van der Waals surface area (Å²) < 4.78 is 5.19. The standard InChI is InChI=1S/C14H28N2O2.ClH/c1-12(15)5-6-13(17)16-11-14(9-10-18-2)7-3-4-8-14;/h12H,3-11,15H2,1-2H3,(H,16,17);1H. The van der Waals surface area contributed by atoms with Crippen LogP contribution in [0.4, 0.5) is 0 Å². The van der Waals surface area contributed by atoms with E-state index in [0.717, 1.165) is 26.0 Å². The largest absolute Gasteiger partial charge is 0.385 e. The molecule has 1 amide bonds. The SMILES string of the molecule is COCCC1(CNC(=O)CCC(C)N)CCCC1.Cl. The molecule has 1 atom stereocenters. The van der Waals surface area contributed by atoms with Gasteiger partial charge in [0.05, 0.1) is 0 Å². The zero-order valence-corrected chi connectivity index (χ0v) is 13.1. The molecule has 4 nitrogen and oxygen atoms in total. The number of nitrogens with one attached hydrogen (secondary N) is 1. The lowest BCUT2D eigenvalue weighted by molar-refractivity contribution is -0.121. The molecule has 1 fully saturated rings. The third kappa shape index (κ3) is 7.14. The van der Waals surface area contributed by atoms with Gasteiger partial charge in [0, 0.05) is 32.7 Å². The van der Waals surface area contributed by atoms with Gasteiger partial charge in [0.15, 0.2) is 0 Å². The van der Waals surface area contributed by atoms with Gasteiger partial charge in [0.2, 0.25) is 5.91 Å². The molecule has 1 aliphatic carbocycles. The predicted octanol–water partition coefficient (Wildman–Crippen LogP) is 2.25. The molecule has 0 aromatic heterocycles. The maximum Gasteiger partial charge on any atom is 0.220 e. The van der Waals surface area contributed by atoms with Crippen molar-refractivity contribution in [2.24, 2.45) is 11.1 Å². The van der Waals surface area contributed by atoms with Gasteiger partial charge in [0.25, 0.3) is 0 Å². The third-order valence-corrected chi connectivity index (χ3v) is 3.99. The summed E-state index contributed by atoms with van der Waals surface area (Å²) in [5, 5.41) is 3.08. The smallest absolute Gasteiger partial charge is 0.220 e. The summed E-state index contributed by atoms with van der Waals surface area (Å²) in [7, 11) is 1.74. The predicted molar refractivity (Wildman–Crippen MR) is 80.5 cm³/mol. The lowest BCUT2D eigenvalue weighted by atomic mass is 9.83. The molecular formula is C14H29ClN2O2. The summed E-state index contributed by atoms with van der Waals surface area (Å²) in [5.41, 5.74) is 5.93. The van der Waals surface area contributed by atoms with Crippen molar-refractivity contribution in [1.29, 1.82) is 0 Å². The minimum Gasteiger partial charge on any atom is -0.385 e. The molecule has 3 N–H and O–H groups in total.